The lowest BCUT2D eigenvalue weighted by Gasteiger charge is -2.23. The Balaban J connectivity index is 0.00000144. The van der Waals surface area contributed by atoms with Crippen LogP contribution >= 0.6 is 12.4 Å². The standard InChI is InChI=1S/C13H18N2O.ClH/c1-15(10-6-3-2-4-7-10)13(16)11-8-5-9-12(11)14;/h2-4,6-7,11-12H,5,8-9,14H2,1H3;1H. The van der Waals surface area contributed by atoms with Crippen LogP contribution in [0.2, 0.25) is 0 Å². The van der Waals surface area contributed by atoms with Crippen molar-refractivity contribution in [3.63, 3.8) is 0 Å². The SMILES string of the molecule is CN(C(=O)C1CCCC1N)c1ccccc1.Cl. The Kier molecular flexibility index (Phi) is 4.97. The van der Waals surface area contributed by atoms with Crippen molar-refractivity contribution >= 4 is 24.0 Å². The molecule has 0 radical (unpaired) electrons. The Morgan fingerprint density at radius 1 is 1.29 bits per heavy atom. The molecule has 0 saturated heterocycles. The van der Waals surface area contributed by atoms with E-state index in [2.05, 4.69) is 0 Å². The summed E-state index contributed by atoms with van der Waals surface area (Å²) in [6.45, 7) is 0. The Morgan fingerprint density at radius 3 is 2.47 bits per heavy atom. The van der Waals surface area contributed by atoms with Crippen LogP contribution in [0.1, 0.15) is 19.3 Å². The number of benzene rings is 1. The van der Waals surface area contributed by atoms with Gasteiger partial charge in [0.1, 0.15) is 0 Å². The lowest BCUT2D eigenvalue weighted by molar-refractivity contribution is -0.122. The minimum Gasteiger partial charge on any atom is -0.327 e. The molecule has 1 aromatic rings. The van der Waals surface area contributed by atoms with Gasteiger partial charge in [-0.3, -0.25) is 4.79 Å². The predicted octanol–water partition coefficient (Wildman–Crippen LogP) is 2.20. The molecule has 3 nitrogen and oxygen atoms in total. The molecule has 0 aromatic heterocycles. The zero-order chi connectivity index (χ0) is 11.5. The van der Waals surface area contributed by atoms with Crippen molar-refractivity contribution in [3.05, 3.63) is 30.3 Å². The first kappa shape index (κ1) is 14.0. The van der Waals surface area contributed by atoms with Gasteiger partial charge in [0.05, 0.1) is 5.92 Å². The summed E-state index contributed by atoms with van der Waals surface area (Å²) in [7, 11) is 1.82. The molecule has 1 aliphatic carbocycles. The van der Waals surface area contributed by atoms with Gasteiger partial charge in [-0.1, -0.05) is 24.6 Å². The maximum absolute atomic E-state index is 12.2. The minimum atomic E-state index is 0. The van der Waals surface area contributed by atoms with Crippen LogP contribution in [0.4, 0.5) is 5.69 Å². The molecule has 2 unspecified atom stereocenters. The molecule has 1 fully saturated rings. The molecule has 0 spiro atoms. The van der Waals surface area contributed by atoms with Gasteiger partial charge in [0.15, 0.2) is 0 Å². The average Bonchev–Trinajstić information content (AvgIpc) is 2.75. The highest BCUT2D eigenvalue weighted by molar-refractivity contribution is 5.95. The number of rotatable bonds is 2. The molecule has 1 aliphatic rings. The van der Waals surface area contributed by atoms with Crippen molar-refractivity contribution in [3.8, 4) is 0 Å². The van der Waals surface area contributed by atoms with Gasteiger partial charge in [0.2, 0.25) is 5.91 Å². The molecule has 1 amide bonds. The third-order valence-corrected chi connectivity index (χ3v) is 3.36. The highest BCUT2D eigenvalue weighted by Crippen LogP contribution is 2.27. The zero-order valence-corrected chi connectivity index (χ0v) is 10.8. The summed E-state index contributed by atoms with van der Waals surface area (Å²) in [4.78, 5) is 13.9. The van der Waals surface area contributed by atoms with Crippen LogP contribution < -0.4 is 10.6 Å². The molecule has 94 valence electrons. The lowest BCUT2D eigenvalue weighted by atomic mass is 10.0. The fourth-order valence-electron chi connectivity index (χ4n) is 2.32. The Bertz CT molecular complexity index is 369. The second-order valence-corrected chi connectivity index (χ2v) is 4.43. The molecule has 0 heterocycles. The van der Waals surface area contributed by atoms with Gasteiger partial charge in [-0.15, -0.1) is 12.4 Å². The van der Waals surface area contributed by atoms with E-state index in [9.17, 15) is 4.79 Å². The molecule has 0 aliphatic heterocycles. The van der Waals surface area contributed by atoms with Crippen LogP contribution in [0.3, 0.4) is 0 Å². The molecule has 2 atom stereocenters. The Labute approximate surface area is 108 Å². The van der Waals surface area contributed by atoms with Crippen molar-refractivity contribution in [1.82, 2.24) is 0 Å². The maximum Gasteiger partial charge on any atom is 0.231 e. The van der Waals surface area contributed by atoms with Crippen LogP contribution in [0, 0.1) is 5.92 Å². The van der Waals surface area contributed by atoms with Gasteiger partial charge < -0.3 is 10.6 Å². The largest absolute Gasteiger partial charge is 0.327 e. The molecule has 0 bridgehead atoms. The predicted molar refractivity (Wildman–Crippen MR) is 72.4 cm³/mol. The van der Waals surface area contributed by atoms with E-state index in [1.165, 1.54) is 0 Å². The van der Waals surface area contributed by atoms with Crippen molar-refractivity contribution in [2.45, 2.75) is 25.3 Å². The van der Waals surface area contributed by atoms with Crippen LogP contribution in [-0.2, 0) is 4.79 Å². The third kappa shape index (κ3) is 2.99. The fraction of sp³-hybridized carbons (Fsp3) is 0.462. The van der Waals surface area contributed by atoms with Crippen molar-refractivity contribution in [2.24, 2.45) is 11.7 Å². The monoisotopic (exact) mass is 254 g/mol. The summed E-state index contributed by atoms with van der Waals surface area (Å²) in [5, 5.41) is 0. The minimum absolute atomic E-state index is 0. The zero-order valence-electron chi connectivity index (χ0n) is 10.0. The smallest absolute Gasteiger partial charge is 0.231 e. The van der Waals surface area contributed by atoms with Crippen LogP contribution in [0.25, 0.3) is 0 Å². The summed E-state index contributed by atoms with van der Waals surface area (Å²) in [6.07, 6.45) is 2.97. The first-order chi connectivity index (χ1) is 7.70. The summed E-state index contributed by atoms with van der Waals surface area (Å²) < 4.78 is 0. The number of amides is 1. The molecule has 2 N–H and O–H groups in total. The number of hydrogen-bond acceptors (Lipinski definition) is 2. The number of carbonyl (C=O) groups excluding carboxylic acids is 1. The van der Waals surface area contributed by atoms with Gasteiger partial charge in [-0.05, 0) is 25.0 Å². The van der Waals surface area contributed by atoms with Gasteiger partial charge in [0, 0.05) is 18.8 Å². The van der Waals surface area contributed by atoms with E-state index < -0.39 is 0 Å². The number of halogens is 1. The first-order valence-electron chi connectivity index (χ1n) is 5.78. The van der Waals surface area contributed by atoms with Gasteiger partial charge in [-0.25, -0.2) is 0 Å². The Morgan fingerprint density at radius 2 is 1.94 bits per heavy atom. The van der Waals surface area contributed by atoms with E-state index in [1.54, 1.807) is 4.90 Å². The molecular formula is C13H19ClN2O. The molecule has 1 aromatic carbocycles. The second-order valence-electron chi connectivity index (χ2n) is 4.43. The van der Waals surface area contributed by atoms with E-state index in [0.29, 0.717) is 0 Å². The van der Waals surface area contributed by atoms with E-state index >= 15 is 0 Å². The van der Waals surface area contributed by atoms with Crippen LogP contribution in [0.5, 0.6) is 0 Å². The number of nitrogens with zero attached hydrogens (tertiary/aromatic N) is 1. The van der Waals surface area contributed by atoms with Crippen molar-refractivity contribution in [1.29, 1.82) is 0 Å². The van der Waals surface area contributed by atoms with Crippen molar-refractivity contribution in [2.75, 3.05) is 11.9 Å². The van der Waals surface area contributed by atoms with E-state index in [4.69, 9.17) is 5.73 Å². The molecule has 2 rings (SSSR count). The Hall–Kier alpha value is -1.06. The first-order valence-corrected chi connectivity index (χ1v) is 5.78. The number of para-hydroxylation sites is 1. The van der Waals surface area contributed by atoms with Gasteiger partial charge in [0.25, 0.3) is 0 Å². The highest BCUT2D eigenvalue weighted by atomic mass is 35.5. The number of anilines is 1. The van der Waals surface area contributed by atoms with Gasteiger partial charge >= 0.3 is 0 Å². The summed E-state index contributed by atoms with van der Waals surface area (Å²) in [6, 6.07) is 9.75. The average molecular weight is 255 g/mol. The lowest BCUT2D eigenvalue weighted by Crippen LogP contribution is -2.39. The molecule has 4 heteroatoms. The molecule has 17 heavy (non-hydrogen) atoms. The molecule has 1 saturated carbocycles. The van der Waals surface area contributed by atoms with Crippen LogP contribution in [-0.4, -0.2) is 19.0 Å². The number of hydrogen-bond donors (Lipinski definition) is 1. The number of nitrogens with two attached hydrogens (primary N) is 1. The fourth-order valence-corrected chi connectivity index (χ4v) is 2.32. The summed E-state index contributed by atoms with van der Waals surface area (Å²) in [5.41, 5.74) is 6.88. The second kappa shape index (κ2) is 6.03. The van der Waals surface area contributed by atoms with Crippen molar-refractivity contribution < 1.29 is 4.79 Å². The number of carbonyl (C=O) groups is 1. The summed E-state index contributed by atoms with van der Waals surface area (Å²) in [5.74, 6) is 0.154. The summed E-state index contributed by atoms with van der Waals surface area (Å²) >= 11 is 0. The topological polar surface area (TPSA) is 46.3 Å². The van der Waals surface area contributed by atoms with E-state index in [0.717, 1.165) is 24.9 Å². The maximum atomic E-state index is 12.2. The normalized spacial score (nSPS) is 22.9. The highest BCUT2D eigenvalue weighted by Gasteiger charge is 2.32. The van der Waals surface area contributed by atoms with Crippen LogP contribution in [0.15, 0.2) is 30.3 Å². The van der Waals surface area contributed by atoms with Gasteiger partial charge in [-0.2, -0.15) is 0 Å². The quantitative estimate of drug-likeness (QED) is 0.880. The van der Waals surface area contributed by atoms with E-state index in [1.807, 2.05) is 37.4 Å². The van der Waals surface area contributed by atoms with E-state index in [-0.39, 0.29) is 30.3 Å². The molecular weight excluding hydrogens is 236 g/mol. The third-order valence-electron chi connectivity index (χ3n) is 3.36.